The van der Waals surface area contributed by atoms with Crippen molar-refractivity contribution in [1.82, 2.24) is 0 Å². The van der Waals surface area contributed by atoms with E-state index in [9.17, 15) is 4.79 Å². The minimum Gasteiger partial charge on any atom is -0.449 e. The molecule has 2 N–H and O–H groups in total. The van der Waals surface area contributed by atoms with E-state index in [4.69, 9.17) is 10.5 Å². The third kappa shape index (κ3) is 7.57. The molecule has 0 aliphatic carbocycles. The van der Waals surface area contributed by atoms with Crippen molar-refractivity contribution in [1.29, 1.82) is 0 Å². The lowest BCUT2D eigenvalue weighted by Gasteiger charge is -2.33. The second-order valence-corrected chi connectivity index (χ2v) is 5.42. The molecule has 0 aliphatic rings. The zero-order valence-electron chi connectivity index (χ0n) is 12.5. The number of ether oxygens (including phenoxy) is 1. The van der Waals surface area contributed by atoms with Gasteiger partial charge in [-0.2, -0.15) is 0 Å². The van der Waals surface area contributed by atoms with Gasteiger partial charge >= 0.3 is 6.09 Å². The van der Waals surface area contributed by atoms with E-state index in [0.29, 0.717) is 6.61 Å². The number of carbonyl (C=O) groups is 1. The summed E-state index contributed by atoms with van der Waals surface area (Å²) in [6.07, 6.45) is 10.00. The van der Waals surface area contributed by atoms with Gasteiger partial charge in [0.2, 0.25) is 0 Å². The zero-order chi connectivity index (χ0) is 13.9. The highest BCUT2D eigenvalue weighted by Gasteiger charge is 2.29. The van der Waals surface area contributed by atoms with Crippen molar-refractivity contribution in [3.8, 4) is 0 Å². The first kappa shape index (κ1) is 17.3. The molecular weight excluding hydrogens is 226 g/mol. The van der Waals surface area contributed by atoms with Crippen LogP contribution in [0.1, 0.15) is 78.6 Å². The second kappa shape index (κ2) is 10.2. The fourth-order valence-corrected chi connectivity index (χ4v) is 2.47. The predicted octanol–water partition coefficient (Wildman–Crippen LogP) is 4.64. The standard InChI is InChI=1S/C15H31NO2/c1-4-7-10-15(11-8-5-2,12-9-6-3)13-18-14(16)17/h4-13H2,1-3H3,(H2,16,17). The molecule has 0 atom stereocenters. The van der Waals surface area contributed by atoms with E-state index in [0.717, 1.165) is 19.3 Å². The summed E-state index contributed by atoms with van der Waals surface area (Å²) in [5.74, 6) is 0. The van der Waals surface area contributed by atoms with E-state index in [1.807, 2.05) is 0 Å². The van der Waals surface area contributed by atoms with Crippen LogP contribution in [0.5, 0.6) is 0 Å². The molecule has 0 aromatic rings. The molecule has 0 aromatic carbocycles. The van der Waals surface area contributed by atoms with Gasteiger partial charge in [-0.25, -0.2) is 4.79 Å². The Morgan fingerprint density at radius 3 is 1.61 bits per heavy atom. The van der Waals surface area contributed by atoms with Crippen LogP contribution in [0.25, 0.3) is 0 Å². The SMILES string of the molecule is CCCCC(CCCC)(CCCC)COC(N)=O. The molecule has 18 heavy (non-hydrogen) atoms. The third-order valence-corrected chi connectivity index (χ3v) is 3.70. The number of hydrogen-bond donors (Lipinski definition) is 1. The van der Waals surface area contributed by atoms with Gasteiger partial charge < -0.3 is 10.5 Å². The third-order valence-electron chi connectivity index (χ3n) is 3.70. The summed E-state index contributed by atoms with van der Waals surface area (Å²) in [5.41, 5.74) is 5.29. The highest BCUT2D eigenvalue weighted by Crippen LogP contribution is 2.37. The minimum atomic E-state index is -0.635. The summed E-state index contributed by atoms with van der Waals surface area (Å²) >= 11 is 0. The first-order chi connectivity index (χ1) is 8.60. The summed E-state index contributed by atoms with van der Waals surface area (Å²) in [5, 5.41) is 0. The van der Waals surface area contributed by atoms with Gasteiger partial charge in [0.15, 0.2) is 0 Å². The lowest BCUT2D eigenvalue weighted by Crippen LogP contribution is -2.30. The molecule has 3 heteroatoms. The molecule has 0 unspecified atom stereocenters. The molecule has 0 aromatic heterocycles. The molecule has 0 saturated carbocycles. The number of unbranched alkanes of at least 4 members (excludes halogenated alkanes) is 3. The molecule has 0 aliphatic heterocycles. The largest absolute Gasteiger partial charge is 0.449 e. The van der Waals surface area contributed by atoms with Gasteiger partial charge in [-0.15, -0.1) is 0 Å². The van der Waals surface area contributed by atoms with Crippen LogP contribution >= 0.6 is 0 Å². The Balaban J connectivity index is 4.55. The summed E-state index contributed by atoms with van der Waals surface area (Å²) in [4.78, 5) is 10.9. The van der Waals surface area contributed by atoms with Crippen molar-refractivity contribution in [2.45, 2.75) is 78.6 Å². The van der Waals surface area contributed by atoms with Crippen LogP contribution in [-0.2, 0) is 4.74 Å². The van der Waals surface area contributed by atoms with Crippen LogP contribution in [-0.4, -0.2) is 12.7 Å². The van der Waals surface area contributed by atoms with Crippen LogP contribution in [0, 0.1) is 5.41 Å². The molecule has 0 heterocycles. The Hall–Kier alpha value is -0.730. The molecule has 0 fully saturated rings. The molecule has 0 spiro atoms. The maximum Gasteiger partial charge on any atom is 0.404 e. The molecule has 0 saturated heterocycles. The van der Waals surface area contributed by atoms with E-state index < -0.39 is 6.09 Å². The average Bonchev–Trinajstić information content (AvgIpc) is 2.37. The van der Waals surface area contributed by atoms with Gasteiger partial charge in [-0.3, -0.25) is 0 Å². The summed E-state index contributed by atoms with van der Waals surface area (Å²) in [7, 11) is 0. The highest BCUT2D eigenvalue weighted by molar-refractivity contribution is 5.64. The second-order valence-electron chi connectivity index (χ2n) is 5.42. The van der Waals surface area contributed by atoms with Crippen LogP contribution in [0.2, 0.25) is 0 Å². The normalized spacial score (nSPS) is 11.5. The van der Waals surface area contributed by atoms with Crippen molar-refractivity contribution < 1.29 is 9.53 Å². The van der Waals surface area contributed by atoms with Gasteiger partial charge in [0.05, 0.1) is 6.61 Å². The first-order valence-electron chi connectivity index (χ1n) is 7.52. The van der Waals surface area contributed by atoms with Crippen molar-refractivity contribution in [3.63, 3.8) is 0 Å². The van der Waals surface area contributed by atoms with Crippen molar-refractivity contribution >= 4 is 6.09 Å². The van der Waals surface area contributed by atoms with Crippen molar-refractivity contribution in [2.24, 2.45) is 11.1 Å². The topological polar surface area (TPSA) is 52.3 Å². The van der Waals surface area contributed by atoms with Gasteiger partial charge in [0.1, 0.15) is 0 Å². The van der Waals surface area contributed by atoms with Gasteiger partial charge in [0.25, 0.3) is 0 Å². The molecular formula is C15H31NO2. The van der Waals surface area contributed by atoms with E-state index in [-0.39, 0.29) is 5.41 Å². The lowest BCUT2D eigenvalue weighted by atomic mass is 9.75. The molecule has 0 bridgehead atoms. The Morgan fingerprint density at radius 2 is 1.33 bits per heavy atom. The number of primary amides is 1. The predicted molar refractivity (Wildman–Crippen MR) is 76.5 cm³/mol. The zero-order valence-corrected chi connectivity index (χ0v) is 12.5. The maximum absolute atomic E-state index is 10.9. The Morgan fingerprint density at radius 1 is 0.944 bits per heavy atom. The summed E-state index contributed by atoms with van der Waals surface area (Å²) < 4.78 is 5.14. The molecule has 108 valence electrons. The smallest absolute Gasteiger partial charge is 0.404 e. The summed E-state index contributed by atoms with van der Waals surface area (Å²) in [6.45, 7) is 7.13. The number of hydrogen-bond acceptors (Lipinski definition) is 2. The number of nitrogens with two attached hydrogens (primary N) is 1. The lowest BCUT2D eigenvalue weighted by molar-refractivity contribution is 0.0637. The number of amides is 1. The molecule has 3 nitrogen and oxygen atoms in total. The van der Waals surface area contributed by atoms with Gasteiger partial charge in [-0.05, 0) is 19.3 Å². The number of rotatable bonds is 11. The monoisotopic (exact) mass is 257 g/mol. The van der Waals surface area contributed by atoms with Crippen LogP contribution in [0.3, 0.4) is 0 Å². The van der Waals surface area contributed by atoms with Crippen molar-refractivity contribution in [2.75, 3.05) is 6.61 Å². The van der Waals surface area contributed by atoms with E-state index in [1.165, 1.54) is 38.5 Å². The van der Waals surface area contributed by atoms with Crippen LogP contribution in [0.4, 0.5) is 4.79 Å². The van der Waals surface area contributed by atoms with E-state index in [1.54, 1.807) is 0 Å². The Kier molecular flexibility index (Phi) is 9.80. The van der Waals surface area contributed by atoms with Crippen LogP contribution < -0.4 is 5.73 Å². The quantitative estimate of drug-likeness (QED) is 0.586. The fraction of sp³-hybridized carbons (Fsp3) is 0.933. The van der Waals surface area contributed by atoms with E-state index in [2.05, 4.69) is 20.8 Å². The molecule has 1 amide bonds. The summed E-state index contributed by atoms with van der Waals surface area (Å²) in [6, 6.07) is 0. The maximum atomic E-state index is 10.9. The van der Waals surface area contributed by atoms with Crippen LogP contribution in [0.15, 0.2) is 0 Å². The highest BCUT2D eigenvalue weighted by atomic mass is 16.5. The molecule has 0 radical (unpaired) electrons. The fourth-order valence-electron chi connectivity index (χ4n) is 2.47. The van der Waals surface area contributed by atoms with E-state index >= 15 is 0 Å². The minimum absolute atomic E-state index is 0.164. The van der Waals surface area contributed by atoms with Gasteiger partial charge in [0, 0.05) is 5.41 Å². The number of carbonyl (C=O) groups excluding carboxylic acids is 1. The van der Waals surface area contributed by atoms with Crippen molar-refractivity contribution in [3.05, 3.63) is 0 Å². The Bertz CT molecular complexity index is 195. The van der Waals surface area contributed by atoms with Gasteiger partial charge in [-0.1, -0.05) is 59.3 Å². The Labute approximate surface area is 112 Å². The first-order valence-corrected chi connectivity index (χ1v) is 7.52. The average molecular weight is 257 g/mol. The molecule has 0 rings (SSSR count).